The van der Waals surface area contributed by atoms with Gasteiger partial charge in [0.2, 0.25) is 0 Å². The molecule has 0 saturated carbocycles. The van der Waals surface area contributed by atoms with Gasteiger partial charge in [-0.3, -0.25) is 0 Å². The Bertz CT molecular complexity index is 1090. The van der Waals surface area contributed by atoms with Gasteiger partial charge in [-0.1, -0.05) is 19.1 Å². The SMILES string of the molecule is CCc1ccc(C(F)(F)Oc2ccc(C(F)(F)Oc3ccc(C(F)(F)F)c(F)c3)cc2)cc1. The Morgan fingerprint density at radius 2 is 1.09 bits per heavy atom. The summed E-state index contributed by atoms with van der Waals surface area (Å²) in [7, 11) is 0. The summed E-state index contributed by atoms with van der Waals surface area (Å²) in [4.78, 5) is 0. The number of benzene rings is 3. The molecule has 0 unspecified atom stereocenters. The molecule has 0 aliphatic rings. The summed E-state index contributed by atoms with van der Waals surface area (Å²) in [5.41, 5.74) is -2.04. The Kier molecular flexibility index (Phi) is 6.58. The molecule has 0 saturated heterocycles. The van der Waals surface area contributed by atoms with Gasteiger partial charge in [-0.2, -0.15) is 30.7 Å². The minimum atomic E-state index is -5.00. The largest absolute Gasteiger partial charge is 0.429 e. The monoisotopic (exact) mass is 476 g/mol. The van der Waals surface area contributed by atoms with Crippen LogP contribution in [0, 0.1) is 5.82 Å². The highest BCUT2D eigenvalue weighted by Crippen LogP contribution is 2.37. The van der Waals surface area contributed by atoms with Crippen LogP contribution in [0.1, 0.15) is 29.2 Å². The molecule has 0 spiro atoms. The summed E-state index contributed by atoms with van der Waals surface area (Å²) < 4.78 is 118. The Hall–Kier alpha value is -3.30. The summed E-state index contributed by atoms with van der Waals surface area (Å²) >= 11 is 0. The third-order valence-corrected chi connectivity index (χ3v) is 4.63. The molecule has 0 heterocycles. The van der Waals surface area contributed by atoms with Gasteiger partial charge in [-0.05, 0) is 60.5 Å². The van der Waals surface area contributed by atoms with E-state index >= 15 is 0 Å². The van der Waals surface area contributed by atoms with E-state index in [1.165, 1.54) is 24.3 Å². The fraction of sp³-hybridized carbons (Fsp3) is 0.217. The van der Waals surface area contributed by atoms with Gasteiger partial charge in [-0.15, -0.1) is 0 Å². The van der Waals surface area contributed by atoms with Crippen molar-refractivity contribution in [2.24, 2.45) is 0 Å². The van der Waals surface area contributed by atoms with E-state index in [0.29, 0.717) is 12.5 Å². The van der Waals surface area contributed by atoms with Crippen molar-refractivity contribution in [1.82, 2.24) is 0 Å². The molecule has 0 amide bonds. The van der Waals surface area contributed by atoms with Crippen LogP contribution in [0.5, 0.6) is 11.5 Å². The molecule has 0 N–H and O–H groups in total. The highest BCUT2D eigenvalue weighted by Gasteiger charge is 2.38. The van der Waals surface area contributed by atoms with Crippen LogP contribution in [0.15, 0.2) is 66.7 Å². The molecule has 2 nitrogen and oxygen atoms in total. The zero-order valence-electron chi connectivity index (χ0n) is 16.9. The van der Waals surface area contributed by atoms with Gasteiger partial charge < -0.3 is 9.47 Å². The Morgan fingerprint density at radius 3 is 1.55 bits per heavy atom. The number of ether oxygens (including phenoxy) is 2. The lowest BCUT2D eigenvalue weighted by Gasteiger charge is -2.21. The van der Waals surface area contributed by atoms with Crippen LogP contribution < -0.4 is 9.47 Å². The number of halogens is 8. The van der Waals surface area contributed by atoms with Crippen LogP contribution in [0.4, 0.5) is 35.1 Å². The van der Waals surface area contributed by atoms with Gasteiger partial charge in [0.25, 0.3) is 0 Å². The smallest absolute Gasteiger partial charge is 0.426 e. The molecule has 0 bridgehead atoms. The summed E-state index contributed by atoms with van der Waals surface area (Å²) in [5.74, 6) is -3.05. The van der Waals surface area contributed by atoms with Crippen molar-refractivity contribution in [2.45, 2.75) is 31.7 Å². The summed E-state index contributed by atoms with van der Waals surface area (Å²) in [6, 6.07) is 9.60. The molecular formula is C23H16F8O2. The maximum absolute atomic E-state index is 14.4. The maximum atomic E-state index is 14.4. The van der Waals surface area contributed by atoms with Crippen molar-refractivity contribution >= 4 is 0 Å². The molecule has 10 heteroatoms. The molecule has 0 radical (unpaired) electrons. The van der Waals surface area contributed by atoms with Gasteiger partial charge in [0.15, 0.2) is 0 Å². The molecule has 0 aliphatic heterocycles. The zero-order valence-corrected chi connectivity index (χ0v) is 16.9. The molecule has 0 atom stereocenters. The molecule has 3 rings (SSSR count). The minimum absolute atomic E-state index is 0.179. The maximum Gasteiger partial charge on any atom is 0.426 e. The Balaban J connectivity index is 1.73. The first kappa shape index (κ1) is 24.3. The third-order valence-electron chi connectivity index (χ3n) is 4.63. The van der Waals surface area contributed by atoms with E-state index in [9.17, 15) is 35.1 Å². The first-order valence-electron chi connectivity index (χ1n) is 9.52. The summed E-state index contributed by atoms with van der Waals surface area (Å²) in [5, 5.41) is 0. The quantitative estimate of drug-likeness (QED) is 0.326. The van der Waals surface area contributed by atoms with Gasteiger partial charge >= 0.3 is 18.4 Å². The van der Waals surface area contributed by atoms with Crippen LogP contribution >= 0.6 is 0 Å². The van der Waals surface area contributed by atoms with E-state index in [-0.39, 0.29) is 12.1 Å². The number of hydrogen-bond acceptors (Lipinski definition) is 2. The van der Waals surface area contributed by atoms with Gasteiger partial charge in [0, 0.05) is 6.07 Å². The number of rotatable bonds is 7. The van der Waals surface area contributed by atoms with Crippen molar-refractivity contribution in [3.63, 3.8) is 0 Å². The summed E-state index contributed by atoms with van der Waals surface area (Å²) in [6.45, 7) is 1.86. The van der Waals surface area contributed by atoms with Crippen LogP contribution in [-0.4, -0.2) is 0 Å². The molecule has 0 aromatic heterocycles. The average Bonchev–Trinajstić information content (AvgIpc) is 2.72. The first-order chi connectivity index (χ1) is 15.3. The number of hydrogen-bond donors (Lipinski definition) is 0. The Labute approximate surface area is 183 Å². The van der Waals surface area contributed by atoms with E-state index < -0.39 is 52.4 Å². The topological polar surface area (TPSA) is 18.5 Å². The fourth-order valence-corrected chi connectivity index (χ4v) is 2.85. The average molecular weight is 476 g/mol. The van der Waals surface area contributed by atoms with Crippen molar-refractivity contribution < 1.29 is 44.6 Å². The van der Waals surface area contributed by atoms with E-state index in [0.717, 1.165) is 29.8 Å². The molecule has 0 fully saturated rings. The van der Waals surface area contributed by atoms with Crippen LogP contribution in [0.3, 0.4) is 0 Å². The second-order valence-corrected chi connectivity index (χ2v) is 6.95. The van der Waals surface area contributed by atoms with Crippen LogP contribution in [-0.2, 0) is 24.8 Å². The fourth-order valence-electron chi connectivity index (χ4n) is 2.85. The van der Waals surface area contributed by atoms with E-state index in [4.69, 9.17) is 0 Å². The lowest BCUT2D eigenvalue weighted by molar-refractivity contribution is -0.187. The van der Waals surface area contributed by atoms with Gasteiger partial charge in [0.1, 0.15) is 17.3 Å². The van der Waals surface area contributed by atoms with Gasteiger partial charge in [-0.25, -0.2) is 4.39 Å². The minimum Gasteiger partial charge on any atom is -0.429 e. The first-order valence-corrected chi connectivity index (χ1v) is 9.52. The molecular weight excluding hydrogens is 460 g/mol. The number of aryl methyl sites for hydroxylation is 1. The predicted octanol–water partition coefficient (Wildman–Crippen LogP) is 7.66. The van der Waals surface area contributed by atoms with Crippen molar-refractivity contribution in [1.29, 1.82) is 0 Å². The van der Waals surface area contributed by atoms with E-state index in [1.807, 2.05) is 6.92 Å². The van der Waals surface area contributed by atoms with E-state index in [1.54, 1.807) is 0 Å². The van der Waals surface area contributed by atoms with Crippen molar-refractivity contribution in [3.8, 4) is 11.5 Å². The van der Waals surface area contributed by atoms with Crippen molar-refractivity contribution in [2.75, 3.05) is 0 Å². The number of alkyl halides is 7. The van der Waals surface area contributed by atoms with E-state index in [2.05, 4.69) is 9.47 Å². The van der Waals surface area contributed by atoms with Crippen molar-refractivity contribution in [3.05, 3.63) is 94.8 Å². The van der Waals surface area contributed by atoms with Gasteiger partial charge in [0.05, 0.1) is 16.7 Å². The molecule has 3 aromatic rings. The summed E-state index contributed by atoms with van der Waals surface area (Å²) in [6.07, 6.45) is -12.2. The molecule has 33 heavy (non-hydrogen) atoms. The zero-order chi connectivity index (χ0) is 24.4. The molecule has 0 aliphatic carbocycles. The molecule has 3 aromatic carbocycles. The lowest BCUT2D eigenvalue weighted by Crippen LogP contribution is -2.23. The predicted molar refractivity (Wildman–Crippen MR) is 103 cm³/mol. The highest BCUT2D eigenvalue weighted by atomic mass is 19.4. The normalized spacial score (nSPS) is 12.5. The Morgan fingerprint density at radius 1 is 0.636 bits per heavy atom. The standard InChI is InChI=1S/C23H16F8O2/c1-2-14-3-5-15(6-4-14)22(28,29)32-17-9-7-16(8-10-17)23(30,31)33-18-11-12-19(20(24)13-18)21(25,26)27/h3-13H,2H2,1H3. The van der Waals surface area contributed by atoms with Crippen LogP contribution in [0.2, 0.25) is 0 Å². The lowest BCUT2D eigenvalue weighted by atomic mass is 10.1. The van der Waals surface area contributed by atoms with Crippen LogP contribution in [0.25, 0.3) is 0 Å². The molecule has 176 valence electrons. The second-order valence-electron chi connectivity index (χ2n) is 6.95. The second kappa shape index (κ2) is 8.92. The highest BCUT2D eigenvalue weighted by molar-refractivity contribution is 5.34. The third kappa shape index (κ3) is 5.74.